The maximum absolute atomic E-state index is 10.1. The maximum Gasteiger partial charge on any atom is 0.264 e. The second-order valence-corrected chi connectivity index (χ2v) is 3.44. The van der Waals surface area contributed by atoms with Crippen molar-refractivity contribution in [3.63, 3.8) is 0 Å². The van der Waals surface area contributed by atoms with Gasteiger partial charge in [-0.05, 0) is 12.8 Å². The summed E-state index contributed by atoms with van der Waals surface area (Å²) < 4.78 is 28.4. The van der Waals surface area contributed by atoms with Crippen LogP contribution in [0, 0.1) is 0 Å². The predicted octanol–water partition coefficient (Wildman–Crippen LogP) is -0.455. The fraction of sp³-hybridized carbons (Fsp3) is 1.00. The van der Waals surface area contributed by atoms with Gasteiger partial charge in [-0.3, -0.25) is 4.55 Å². The lowest BCUT2D eigenvalue weighted by atomic mass is 10.4. The average Bonchev–Trinajstić information content (AvgIpc) is 1.78. The minimum Gasteiger partial charge on any atom is -0.305 e. The van der Waals surface area contributed by atoms with E-state index in [9.17, 15) is 8.42 Å². The molecule has 0 unspecified atom stereocenters. The first-order valence-corrected chi connectivity index (χ1v) is 4.44. The number of hydrogen-bond acceptors (Lipinski definition) is 4. The second-order valence-electron chi connectivity index (χ2n) is 1.86. The van der Waals surface area contributed by atoms with Gasteiger partial charge in [0.25, 0.3) is 10.1 Å². The molecule has 0 radical (unpaired) electrons. The smallest absolute Gasteiger partial charge is 0.264 e. The van der Waals surface area contributed by atoms with E-state index in [0.29, 0.717) is 19.4 Å². The Hall–Kier alpha value is -0.170. The van der Waals surface area contributed by atoms with Gasteiger partial charge >= 0.3 is 0 Å². The Balaban J connectivity index is 3.21. The van der Waals surface area contributed by atoms with Crippen molar-refractivity contribution in [2.75, 3.05) is 12.4 Å². The topological polar surface area (TPSA) is 89.6 Å². The van der Waals surface area contributed by atoms with Gasteiger partial charge in [0, 0.05) is 0 Å². The van der Waals surface area contributed by atoms with Gasteiger partial charge in [-0.25, -0.2) is 5.90 Å². The van der Waals surface area contributed by atoms with Crippen molar-refractivity contribution in [2.24, 2.45) is 5.90 Å². The second kappa shape index (κ2) is 4.62. The average molecular weight is 169 g/mol. The van der Waals surface area contributed by atoms with Crippen molar-refractivity contribution in [2.45, 2.75) is 12.8 Å². The summed E-state index contributed by atoms with van der Waals surface area (Å²) in [5.74, 6) is 4.44. The van der Waals surface area contributed by atoms with Crippen LogP contribution in [0.5, 0.6) is 0 Å². The zero-order valence-corrected chi connectivity index (χ0v) is 6.30. The lowest BCUT2D eigenvalue weighted by molar-refractivity contribution is 0.135. The molecule has 0 saturated heterocycles. The molecular formula is C4H11NO4S. The lowest BCUT2D eigenvalue weighted by Crippen LogP contribution is -2.06. The zero-order chi connectivity index (χ0) is 8.04. The van der Waals surface area contributed by atoms with Crippen LogP contribution in [0.2, 0.25) is 0 Å². The molecule has 0 bridgehead atoms. The Kier molecular flexibility index (Phi) is 4.54. The third-order valence-electron chi connectivity index (χ3n) is 0.914. The van der Waals surface area contributed by atoms with E-state index in [1.807, 2.05) is 0 Å². The first-order valence-electron chi connectivity index (χ1n) is 2.83. The highest BCUT2D eigenvalue weighted by molar-refractivity contribution is 7.85. The summed E-state index contributed by atoms with van der Waals surface area (Å²) in [4.78, 5) is 4.18. The molecule has 0 aliphatic rings. The van der Waals surface area contributed by atoms with E-state index in [1.54, 1.807) is 0 Å². The van der Waals surface area contributed by atoms with E-state index in [2.05, 4.69) is 10.7 Å². The fourth-order valence-electron chi connectivity index (χ4n) is 0.470. The summed E-state index contributed by atoms with van der Waals surface area (Å²) in [7, 11) is -3.80. The van der Waals surface area contributed by atoms with Gasteiger partial charge in [-0.1, -0.05) is 0 Å². The first kappa shape index (κ1) is 9.83. The third kappa shape index (κ3) is 7.83. The molecule has 0 amide bonds. The van der Waals surface area contributed by atoms with Crippen LogP contribution in [0.25, 0.3) is 0 Å². The SMILES string of the molecule is NOCCCCS(=O)(=O)O. The molecule has 0 heterocycles. The van der Waals surface area contributed by atoms with Crippen molar-refractivity contribution in [1.82, 2.24) is 0 Å². The molecule has 3 N–H and O–H groups in total. The number of rotatable bonds is 5. The minimum absolute atomic E-state index is 0.226. The van der Waals surface area contributed by atoms with E-state index in [1.165, 1.54) is 0 Å². The van der Waals surface area contributed by atoms with Gasteiger partial charge in [0.05, 0.1) is 12.4 Å². The van der Waals surface area contributed by atoms with Crippen molar-refractivity contribution in [1.29, 1.82) is 0 Å². The molecule has 0 aromatic carbocycles. The highest BCUT2D eigenvalue weighted by atomic mass is 32.2. The van der Waals surface area contributed by atoms with E-state index in [-0.39, 0.29) is 5.75 Å². The summed E-state index contributed by atoms with van der Waals surface area (Å²) in [6.07, 6.45) is 0.909. The molecule has 0 aliphatic heterocycles. The van der Waals surface area contributed by atoms with Gasteiger partial charge in [-0.15, -0.1) is 0 Å². The number of nitrogens with two attached hydrogens (primary N) is 1. The Bertz CT molecular complexity index is 164. The maximum atomic E-state index is 10.1. The van der Waals surface area contributed by atoms with Crippen LogP contribution in [0.1, 0.15) is 12.8 Å². The minimum atomic E-state index is -3.80. The van der Waals surface area contributed by atoms with Crippen LogP contribution in [0.15, 0.2) is 0 Å². The summed E-state index contributed by atoms with van der Waals surface area (Å²) in [5, 5.41) is 0. The molecule has 0 atom stereocenters. The largest absolute Gasteiger partial charge is 0.305 e. The summed E-state index contributed by atoms with van der Waals surface area (Å²) >= 11 is 0. The molecule has 0 aliphatic carbocycles. The molecule has 62 valence electrons. The number of hydrogen-bond donors (Lipinski definition) is 2. The molecule has 0 rings (SSSR count). The van der Waals surface area contributed by atoms with Crippen LogP contribution in [-0.2, 0) is 15.0 Å². The fourth-order valence-corrected chi connectivity index (χ4v) is 1.04. The van der Waals surface area contributed by atoms with E-state index in [0.717, 1.165) is 0 Å². The molecule has 0 aromatic rings. The van der Waals surface area contributed by atoms with Crippen molar-refractivity contribution < 1.29 is 17.8 Å². The number of unbranched alkanes of at least 4 members (excludes halogenated alkanes) is 1. The Morgan fingerprint density at radius 2 is 2.00 bits per heavy atom. The quantitative estimate of drug-likeness (QED) is 0.330. The van der Waals surface area contributed by atoms with E-state index in [4.69, 9.17) is 4.55 Å². The Morgan fingerprint density at radius 3 is 2.40 bits per heavy atom. The third-order valence-corrected chi connectivity index (χ3v) is 1.72. The van der Waals surface area contributed by atoms with Crippen molar-refractivity contribution in [3.8, 4) is 0 Å². The van der Waals surface area contributed by atoms with Gasteiger partial charge < -0.3 is 4.84 Å². The van der Waals surface area contributed by atoms with Gasteiger partial charge in [0.1, 0.15) is 0 Å². The highest BCUT2D eigenvalue weighted by Gasteiger charge is 2.02. The predicted molar refractivity (Wildman–Crippen MR) is 35.8 cm³/mol. The lowest BCUT2D eigenvalue weighted by Gasteiger charge is -1.95. The molecule has 0 spiro atoms. The van der Waals surface area contributed by atoms with E-state index >= 15 is 0 Å². The van der Waals surface area contributed by atoms with Crippen LogP contribution in [-0.4, -0.2) is 25.3 Å². The van der Waals surface area contributed by atoms with Crippen molar-refractivity contribution in [3.05, 3.63) is 0 Å². The molecular weight excluding hydrogens is 158 g/mol. The van der Waals surface area contributed by atoms with Gasteiger partial charge in [0.2, 0.25) is 0 Å². The molecule has 0 saturated carbocycles. The monoisotopic (exact) mass is 169 g/mol. The highest BCUT2D eigenvalue weighted by Crippen LogP contribution is 1.92. The summed E-state index contributed by atoms with van der Waals surface area (Å²) in [5.41, 5.74) is 0. The van der Waals surface area contributed by atoms with Crippen LogP contribution in [0.3, 0.4) is 0 Å². The molecule has 10 heavy (non-hydrogen) atoms. The molecule has 6 heteroatoms. The Labute approximate surface area is 59.9 Å². The van der Waals surface area contributed by atoms with Gasteiger partial charge in [0.15, 0.2) is 0 Å². The van der Waals surface area contributed by atoms with E-state index < -0.39 is 10.1 Å². The van der Waals surface area contributed by atoms with Crippen LogP contribution >= 0.6 is 0 Å². The Morgan fingerprint density at radius 1 is 1.40 bits per heavy atom. The standard InChI is InChI=1S/C4H11NO4S/c5-9-3-1-2-4-10(6,7)8/h1-5H2,(H,6,7,8). The molecule has 0 fully saturated rings. The molecule has 0 aromatic heterocycles. The zero-order valence-electron chi connectivity index (χ0n) is 5.49. The van der Waals surface area contributed by atoms with Crippen LogP contribution in [0.4, 0.5) is 0 Å². The van der Waals surface area contributed by atoms with Gasteiger partial charge in [-0.2, -0.15) is 8.42 Å². The van der Waals surface area contributed by atoms with Crippen LogP contribution < -0.4 is 5.90 Å². The summed E-state index contributed by atoms with van der Waals surface area (Å²) in [6, 6.07) is 0. The normalized spacial score (nSPS) is 11.8. The first-order chi connectivity index (χ1) is 4.56. The molecule has 5 nitrogen and oxygen atoms in total. The van der Waals surface area contributed by atoms with Crippen molar-refractivity contribution >= 4 is 10.1 Å². The summed E-state index contributed by atoms with van der Waals surface area (Å²) in [6.45, 7) is 0.315.